The van der Waals surface area contributed by atoms with E-state index in [1.165, 1.54) is 11.8 Å². The number of rotatable bonds is 6. The molecular formula is C26H31N3O3S. The van der Waals surface area contributed by atoms with Crippen molar-refractivity contribution in [2.75, 3.05) is 6.26 Å². The van der Waals surface area contributed by atoms with E-state index in [9.17, 15) is 13.2 Å². The van der Waals surface area contributed by atoms with Crippen LogP contribution in [0.15, 0.2) is 53.3 Å². The zero-order valence-electron chi connectivity index (χ0n) is 19.6. The van der Waals surface area contributed by atoms with E-state index in [2.05, 4.69) is 42.0 Å². The maximum absolute atomic E-state index is 13.4. The summed E-state index contributed by atoms with van der Waals surface area (Å²) in [5.41, 5.74) is 5.89. The second-order valence-corrected chi connectivity index (χ2v) is 10.8. The molecule has 0 spiro atoms. The summed E-state index contributed by atoms with van der Waals surface area (Å²) >= 11 is 0. The first kappa shape index (κ1) is 23.4. The van der Waals surface area contributed by atoms with Gasteiger partial charge in [0.1, 0.15) is 5.82 Å². The molecule has 2 unspecified atom stereocenters. The molecule has 0 saturated heterocycles. The highest BCUT2D eigenvalue weighted by molar-refractivity contribution is 7.88. The number of hydrogen-bond acceptors (Lipinski definition) is 4. The number of hydrogen-bond donors (Lipinski definition) is 1. The molecule has 4 rings (SSSR count). The first-order chi connectivity index (χ1) is 15.7. The van der Waals surface area contributed by atoms with Crippen molar-refractivity contribution in [2.24, 2.45) is 0 Å². The predicted molar refractivity (Wildman–Crippen MR) is 132 cm³/mol. The number of nitrogens with one attached hydrogen (secondary N) is 1. The maximum atomic E-state index is 13.4. The molecule has 7 heteroatoms. The van der Waals surface area contributed by atoms with Crippen molar-refractivity contribution in [2.45, 2.75) is 58.5 Å². The summed E-state index contributed by atoms with van der Waals surface area (Å²) in [6.07, 6.45) is 2.94. The van der Waals surface area contributed by atoms with Crippen LogP contribution in [0.2, 0.25) is 0 Å². The van der Waals surface area contributed by atoms with Crippen LogP contribution in [0.5, 0.6) is 0 Å². The van der Waals surface area contributed by atoms with Crippen LogP contribution in [-0.4, -0.2) is 30.3 Å². The highest BCUT2D eigenvalue weighted by Crippen LogP contribution is 2.33. The van der Waals surface area contributed by atoms with Crippen LogP contribution in [-0.2, 0) is 29.4 Å². The monoisotopic (exact) mass is 465 g/mol. The molecule has 0 aliphatic heterocycles. The van der Waals surface area contributed by atoms with Gasteiger partial charge in [-0.1, -0.05) is 54.1 Å². The van der Waals surface area contributed by atoms with Crippen LogP contribution in [0.4, 0.5) is 0 Å². The normalized spacial score (nSPS) is 18.2. The minimum absolute atomic E-state index is 0.0557. The molecule has 0 bridgehead atoms. The van der Waals surface area contributed by atoms with Gasteiger partial charge in [0.2, 0.25) is 10.0 Å². The van der Waals surface area contributed by atoms with Crippen LogP contribution in [0, 0.1) is 13.8 Å². The molecule has 0 saturated carbocycles. The van der Waals surface area contributed by atoms with Gasteiger partial charge in [-0.15, -0.1) is 0 Å². The summed E-state index contributed by atoms with van der Waals surface area (Å²) in [5.74, 6) is 0.422. The Hall–Kier alpha value is -2.77. The van der Waals surface area contributed by atoms with Crippen molar-refractivity contribution >= 4 is 10.0 Å². The zero-order valence-corrected chi connectivity index (χ0v) is 20.4. The van der Waals surface area contributed by atoms with Gasteiger partial charge in [-0.25, -0.2) is 18.1 Å². The fourth-order valence-corrected chi connectivity index (χ4v) is 5.81. The summed E-state index contributed by atoms with van der Waals surface area (Å²) < 4.78 is 28.7. The smallest absolute Gasteiger partial charge is 0.257 e. The molecule has 1 aliphatic rings. The maximum Gasteiger partial charge on any atom is 0.257 e. The first-order valence-electron chi connectivity index (χ1n) is 11.4. The van der Waals surface area contributed by atoms with E-state index >= 15 is 0 Å². The lowest BCUT2D eigenvalue weighted by atomic mass is 9.78. The molecule has 0 fully saturated rings. The lowest BCUT2D eigenvalue weighted by molar-refractivity contribution is 0.415. The van der Waals surface area contributed by atoms with Crippen molar-refractivity contribution in [3.05, 3.63) is 87.1 Å². The van der Waals surface area contributed by atoms with Gasteiger partial charge in [0, 0.05) is 24.1 Å². The Morgan fingerprint density at radius 1 is 1.09 bits per heavy atom. The highest BCUT2D eigenvalue weighted by Gasteiger charge is 2.35. The quantitative estimate of drug-likeness (QED) is 0.601. The third-order valence-corrected chi connectivity index (χ3v) is 7.17. The average molecular weight is 466 g/mol. The van der Waals surface area contributed by atoms with Crippen molar-refractivity contribution < 1.29 is 8.42 Å². The molecule has 1 aromatic heterocycles. The minimum Gasteiger partial charge on any atom is -0.297 e. The van der Waals surface area contributed by atoms with Crippen LogP contribution >= 0.6 is 0 Å². The zero-order chi connectivity index (χ0) is 23.8. The van der Waals surface area contributed by atoms with E-state index in [-0.39, 0.29) is 17.5 Å². The third-order valence-electron chi connectivity index (χ3n) is 6.44. The van der Waals surface area contributed by atoms with E-state index in [0.717, 1.165) is 22.4 Å². The van der Waals surface area contributed by atoms with Gasteiger partial charge in [0.05, 0.1) is 11.9 Å². The van der Waals surface area contributed by atoms with Crippen molar-refractivity contribution in [3.8, 4) is 11.1 Å². The largest absolute Gasteiger partial charge is 0.297 e. The van der Waals surface area contributed by atoms with Gasteiger partial charge in [0.15, 0.2) is 0 Å². The molecule has 0 amide bonds. The van der Waals surface area contributed by atoms with Crippen LogP contribution in [0.1, 0.15) is 47.5 Å². The summed E-state index contributed by atoms with van der Waals surface area (Å²) in [4.78, 5) is 18.2. The molecule has 0 radical (unpaired) electrons. The van der Waals surface area contributed by atoms with E-state index < -0.39 is 10.0 Å². The molecule has 33 heavy (non-hydrogen) atoms. The summed E-state index contributed by atoms with van der Waals surface area (Å²) in [6, 6.07) is 16.3. The molecular weight excluding hydrogens is 434 g/mol. The lowest BCUT2D eigenvalue weighted by Gasteiger charge is -2.33. The number of aromatic nitrogens is 2. The number of nitrogens with zero attached hydrogens (tertiary/aromatic N) is 2. The summed E-state index contributed by atoms with van der Waals surface area (Å²) in [5, 5.41) is 0. The van der Waals surface area contributed by atoms with E-state index in [1.807, 2.05) is 32.0 Å². The van der Waals surface area contributed by atoms with Crippen molar-refractivity contribution in [1.29, 1.82) is 0 Å². The fourth-order valence-electron chi connectivity index (χ4n) is 4.98. The summed E-state index contributed by atoms with van der Waals surface area (Å²) in [6.45, 7) is 6.39. The molecule has 2 atom stereocenters. The third kappa shape index (κ3) is 5.09. The minimum atomic E-state index is -3.42. The fraction of sp³-hybridized carbons (Fsp3) is 0.385. The Bertz CT molecular complexity index is 1350. The molecule has 1 N–H and O–H groups in total. The Morgan fingerprint density at radius 3 is 2.45 bits per heavy atom. The van der Waals surface area contributed by atoms with Gasteiger partial charge < -0.3 is 0 Å². The lowest BCUT2D eigenvalue weighted by Crippen LogP contribution is -2.46. The van der Waals surface area contributed by atoms with Crippen LogP contribution in [0.3, 0.4) is 0 Å². The number of fused-ring (bicyclic) bond motifs is 1. The topological polar surface area (TPSA) is 81.1 Å². The molecule has 3 aromatic rings. The highest BCUT2D eigenvalue weighted by atomic mass is 32.2. The SMILES string of the molecule is CCn1c(C)nc2c(c1=O)C(Cc1cccc(-c3cccc(C)c3)c1)C(NS(C)(=O)=O)CC2. The van der Waals surface area contributed by atoms with Gasteiger partial charge in [-0.05, 0) is 56.7 Å². The Morgan fingerprint density at radius 2 is 1.79 bits per heavy atom. The molecule has 2 aromatic carbocycles. The second kappa shape index (κ2) is 9.23. The molecule has 6 nitrogen and oxygen atoms in total. The van der Waals surface area contributed by atoms with Crippen LogP contribution < -0.4 is 10.3 Å². The van der Waals surface area contributed by atoms with Crippen molar-refractivity contribution in [3.63, 3.8) is 0 Å². The summed E-state index contributed by atoms with van der Waals surface area (Å²) in [7, 11) is -3.42. The first-order valence-corrected chi connectivity index (χ1v) is 13.3. The Kier molecular flexibility index (Phi) is 6.54. The predicted octanol–water partition coefficient (Wildman–Crippen LogP) is 3.74. The number of aryl methyl sites for hydroxylation is 3. The second-order valence-electron chi connectivity index (χ2n) is 8.98. The van der Waals surface area contributed by atoms with E-state index in [1.54, 1.807) is 4.57 Å². The average Bonchev–Trinajstić information content (AvgIpc) is 2.75. The van der Waals surface area contributed by atoms with Gasteiger partial charge in [0.25, 0.3) is 5.56 Å². The molecule has 1 heterocycles. The standard InChI is InChI=1S/C26H31N3O3S/c1-5-29-18(3)27-24-13-12-23(28-33(4,31)32)22(25(24)26(29)30)16-19-9-7-11-21(15-19)20-10-6-8-17(2)14-20/h6-11,14-15,22-23,28H,5,12-13,16H2,1-4H3. The molecule has 1 aliphatic carbocycles. The number of benzene rings is 2. The number of sulfonamides is 1. The van der Waals surface area contributed by atoms with E-state index in [0.29, 0.717) is 37.2 Å². The van der Waals surface area contributed by atoms with E-state index in [4.69, 9.17) is 4.98 Å². The van der Waals surface area contributed by atoms with Gasteiger partial charge >= 0.3 is 0 Å². The van der Waals surface area contributed by atoms with Crippen molar-refractivity contribution in [1.82, 2.24) is 14.3 Å². The Labute approximate surface area is 195 Å². The van der Waals surface area contributed by atoms with Gasteiger partial charge in [-0.2, -0.15) is 0 Å². The van der Waals surface area contributed by atoms with Gasteiger partial charge in [-0.3, -0.25) is 9.36 Å². The Balaban J connectivity index is 1.78. The molecule has 174 valence electrons. The van der Waals surface area contributed by atoms with Crippen LogP contribution in [0.25, 0.3) is 11.1 Å².